The Morgan fingerprint density at radius 3 is 2.38 bits per heavy atom. The minimum Gasteiger partial charge on any atom is -0.342 e. The van der Waals surface area contributed by atoms with E-state index < -0.39 is 11.6 Å². The Bertz CT molecular complexity index is 1410. The molecule has 9 nitrogen and oxygen atoms in total. The molecule has 0 saturated carbocycles. The Labute approximate surface area is 215 Å². The number of hydrogen-bond donors (Lipinski definition) is 3. The summed E-state index contributed by atoms with van der Waals surface area (Å²) in [4.78, 5) is 28.0. The van der Waals surface area contributed by atoms with Crippen LogP contribution in [0.4, 0.5) is 0 Å². The number of aromatic amines is 1. The number of fused-ring (bicyclic) bond motifs is 1. The van der Waals surface area contributed by atoms with Crippen molar-refractivity contribution in [2.24, 2.45) is 5.73 Å². The van der Waals surface area contributed by atoms with Gasteiger partial charge in [0.15, 0.2) is 0 Å². The first-order valence-electron chi connectivity index (χ1n) is 12.2. The summed E-state index contributed by atoms with van der Waals surface area (Å²) in [6.07, 6.45) is 0.430. The largest absolute Gasteiger partial charge is 0.342 e. The highest BCUT2D eigenvalue weighted by Gasteiger charge is 2.33. The molecule has 9 heteroatoms. The lowest BCUT2D eigenvalue weighted by atomic mass is 9.98. The molecular formula is C28H29N7O2. The summed E-state index contributed by atoms with van der Waals surface area (Å²) in [7, 11) is 0. The summed E-state index contributed by atoms with van der Waals surface area (Å²) >= 11 is 0. The van der Waals surface area contributed by atoms with Gasteiger partial charge in [-0.2, -0.15) is 5.21 Å². The van der Waals surface area contributed by atoms with E-state index in [1.165, 1.54) is 0 Å². The van der Waals surface area contributed by atoms with E-state index in [0.717, 1.165) is 33.4 Å². The van der Waals surface area contributed by atoms with Crippen LogP contribution in [-0.2, 0) is 29.1 Å². The van der Waals surface area contributed by atoms with Gasteiger partial charge in [-0.05, 0) is 46.9 Å². The normalized spacial score (nSPS) is 15.7. The van der Waals surface area contributed by atoms with Crippen molar-refractivity contribution in [2.75, 3.05) is 0 Å². The zero-order valence-electron chi connectivity index (χ0n) is 20.8. The van der Waals surface area contributed by atoms with Crippen LogP contribution in [0.5, 0.6) is 0 Å². The van der Waals surface area contributed by atoms with E-state index in [0.29, 0.717) is 25.3 Å². The first-order chi connectivity index (χ1) is 17.8. The lowest BCUT2D eigenvalue weighted by Gasteiger charge is -2.27. The maximum atomic E-state index is 13.6. The molecule has 0 radical (unpaired) electrons. The van der Waals surface area contributed by atoms with Crippen molar-refractivity contribution in [3.63, 3.8) is 0 Å². The quantitative estimate of drug-likeness (QED) is 0.377. The Morgan fingerprint density at radius 1 is 1.03 bits per heavy atom. The molecule has 4 N–H and O–H groups in total. The maximum Gasteiger partial charge on any atom is 0.246 e. The van der Waals surface area contributed by atoms with Gasteiger partial charge < -0.3 is 16.0 Å². The summed E-state index contributed by atoms with van der Waals surface area (Å²) in [5.41, 5.74) is 10.9. The number of nitrogens with one attached hydrogen (secondary N) is 2. The van der Waals surface area contributed by atoms with Gasteiger partial charge in [0.05, 0.1) is 5.54 Å². The number of rotatable bonds is 6. The fraction of sp³-hybridized carbons (Fsp3) is 0.250. The van der Waals surface area contributed by atoms with Crippen LogP contribution in [0.25, 0.3) is 22.5 Å². The predicted molar refractivity (Wildman–Crippen MR) is 140 cm³/mol. The van der Waals surface area contributed by atoms with Crippen LogP contribution in [0.15, 0.2) is 72.8 Å². The molecule has 1 aliphatic rings. The van der Waals surface area contributed by atoms with Crippen molar-refractivity contribution < 1.29 is 9.59 Å². The van der Waals surface area contributed by atoms with Crippen LogP contribution in [0, 0.1) is 0 Å². The summed E-state index contributed by atoms with van der Waals surface area (Å²) in [5, 5.41) is 17.3. The second kappa shape index (κ2) is 9.94. The minimum absolute atomic E-state index is 0.125. The van der Waals surface area contributed by atoms with E-state index >= 15 is 0 Å². The Hall–Kier alpha value is -4.37. The smallest absolute Gasteiger partial charge is 0.246 e. The fourth-order valence-corrected chi connectivity index (χ4v) is 4.53. The zero-order valence-corrected chi connectivity index (χ0v) is 20.8. The van der Waals surface area contributed by atoms with Crippen LogP contribution < -0.4 is 11.1 Å². The fourth-order valence-electron chi connectivity index (χ4n) is 4.53. The molecule has 2 amide bonds. The Balaban J connectivity index is 1.40. The molecule has 0 aliphatic carbocycles. The molecule has 0 spiro atoms. The average Bonchev–Trinajstić information content (AvgIpc) is 3.39. The number of nitrogens with two attached hydrogens (primary N) is 1. The van der Waals surface area contributed by atoms with Gasteiger partial charge >= 0.3 is 0 Å². The summed E-state index contributed by atoms with van der Waals surface area (Å²) in [5.74, 6) is 0.0531. The van der Waals surface area contributed by atoms with Gasteiger partial charge in [-0.3, -0.25) is 9.59 Å². The first-order valence-corrected chi connectivity index (χ1v) is 12.2. The van der Waals surface area contributed by atoms with Crippen molar-refractivity contribution in [3.8, 4) is 22.5 Å². The lowest BCUT2D eigenvalue weighted by Crippen LogP contribution is -2.56. The molecule has 5 rings (SSSR count). The molecule has 2 heterocycles. The molecule has 188 valence electrons. The van der Waals surface area contributed by atoms with Gasteiger partial charge in [-0.25, -0.2) is 0 Å². The number of benzene rings is 3. The van der Waals surface area contributed by atoms with Crippen molar-refractivity contribution in [2.45, 2.75) is 44.9 Å². The van der Waals surface area contributed by atoms with Crippen molar-refractivity contribution in [1.29, 1.82) is 0 Å². The van der Waals surface area contributed by atoms with Crippen LogP contribution in [0.3, 0.4) is 0 Å². The summed E-state index contributed by atoms with van der Waals surface area (Å²) < 4.78 is 0. The molecule has 4 aromatic rings. The second-order valence-electron chi connectivity index (χ2n) is 9.89. The molecule has 1 atom stereocenters. The van der Waals surface area contributed by atoms with Crippen LogP contribution in [-0.4, -0.2) is 48.9 Å². The molecule has 0 unspecified atom stereocenters. The highest BCUT2D eigenvalue weighted by molar-refractivity contribution is 5.92. The molecule has 37 heavy (non-hydrogen) atoms. The lowest BCUT2D eigenvalue weighted by molar-refractivity contribution is -0.138. The molecule has 1 aromatic heterocycles. The third-order valence-electron chi connectivity index (χ3n) is 6.56. The maximum absolute atomic E-state index is 13.6. The number of aromatic nitrogens is 4. The van der Waals surface area contributed by atoms with E-state index in [1.54, 1.807) is 18.7 Å². The number of carbonyl (C=O) groups excluding carboxylic acids is 2. The standard InChI is InChI=1S/C28H29N7O2/c1-28(2,29)27(37)30-24-15-20-7-3-4-8-21(20)17-35(26(24)36)16-18-11-13-19(14-12-18)22-9-5-6-10-23(22)25-31-33-34-32-25/h3-14,24H,15-17,29H2,1-2H3,(H,30,37)(H,31,32,33,34)/t24-/m1/s1. The van der Waals surface area contributed by atoms with Gasteiger partial charge in [-0.15, -0.1) is 10.2 Å². The van der Waals surface area contributed by atoms with E-state index in [-0.39, 0.29) is 11.8 Å². The number of carbonyl (C=O) groups is 2. The van der Waals surface area contributed by atoms with Crippen molar-refractivity contribution in [1.82, 2.24) is 30.8 Å². The topological polar surface area (TPSA) is 130 Å². The molecule has 0 saturated heterocycles. The first kappa shape index (κ1) is 24.3. The van der Waals surface area contributed by atoms with Crippen LogP contribution >= 0.6 is 0 Å². The monoisotopic (exact) mass is 495 g/mol. The van der Waals surface area contributed by atoms with Crippen molar-refractivity contribution in [3.05, 3.63) is 89.5 Å². The van der Waals surface area contributed by atoms with Gasteiger partial charge in [0.1, 0.15) is 6.04 Å². The van der Waals surface area contributed by atoms with Gasteiger partial charge in [0, 0.05) is 25.1 Å². The molecular weight excluding hydrogens is 466 g/mol. The highest BCUT2D eigenvalue weighted by Crippen LogP contribution is 2.30. The Morgan fingerprint density at radius 2 is 1.70 bits per heavy atom. The molecule has 0 fully saturated rings. The van der Waals surface area contributed by atoms with Crippen molar-refractivity contribution >= 4 is 11.8 Å². The number of H-pyrrole nitrogens is 1. The van der Waals surface area contributed by atoms with Crippen LogP contribution in [0.1, 0.15) is 30.5 Å². The van der Waals surface area contributed by atoms with E-state index in [2.05, 4.69) is 25.9 Å². The van der Waals surface area contributed by atoms with Gasteiger partial charge in [0.25, 0.3) is 0 Å². The predicted octanol–water partition coefficient (Wildman–Crippen LogP) is 2.84. The van der Waals surface area contributed by atoms with Crippen LogP contribution in [0.2, 0.25) is 0 Å². The second-order valence-corrected chi connectivity index (χ2v) is 9.89. The summed E-state index contributed by atoms with van der Waals surface area (Å²) in [6.45, 7) is 4.15. The number of tetrazole rings is 1. The third-order valence-corrected chi connectivity index (χ3v) is 6.56. The zero-order chi connectivity index (χ0) is 26.0. The number of amides is 2. The SMILES string of the molecule is CC(C)(N)C(=O)N[C@@H]1Cc2ccccc2CN(Cc2ccc(-c3ccccc3-c3nn[nH]n3)cc2)C1=O. The summed E-state index contributed by atoms with van der Waals surface area (Å²) in [6, 6.07) is 23.3. The molecule has 3 aromatic carbocycles. The minimum atomic E-state index is -1.08. The van der Waals surface area contributed by atoms with Gasteiger partial charge in [0.2, 0.25) is 17.6 Å². The van der Waals surface area contributed by atoms with E-state index in [9.17, 15) is 9.59 Å². The number of hydrogen-bond acceptors (Lipinski definition) is 6. The average molecular weight is 496 g/mol. The highest BCUT2D eigenvalue weighted by atomic mass is 16.2. The third kappa shape index (κ3) is 5.26. The number of nitrogens with zero attached hydrogens (tertiary/aromatic N) is 4. The Kier molecular flexibility index (Phi) is 6.54. The molecule has 1 aliphatic heterocycles. The van der Waals surface area contributed by atoms with E-state index in [1.807, 2.05) is 72.8 Å². The molecule has 0 bridgehead atoms. The van der Waals surface area contributed by atoms with E-state index in [4.69, 9.17) is 5.73 Å². The van der Waals surface area contributed by atoms with Gasteiger partial charge in [-0.1, -0.05) is 72.8 Å².